The number of rotatable bonds is 31. The van der Waals surface area contributed by atoms with Gasteiger partial charge in [-0.05, 0) is 45.6 Å². The molecule has 10 N–H and O–H groups in total. The van der Waals surface area contributed by atoms with E-state index in [-0.39, 0.29) is 32.4 Å². The fraction of sp³-hybridized carbons (Fsp3) is 0.667. The molecule has 6 amide bonds. The van der Waals surface area contributed by atoms with E-state index in [1.807, 2.05) is 6.07 Å². The van der Waals surface area contributed by atoms with Gasteiger partial charge in [0.15, 0.2) is 12.4 Å². The van der Waals surface area contributed by atoms with Crippen LogP contribution in [0, 0.1) is 0 Å². The third kappa shape index (κ3) is 21.9. The lowest BCUT2D eigenvalue weighted by molar-refractivity contribution is -0.283. The van der Waals surface area contributed by atoms with Crippen molar-refractivity contribution in [2.45, 2.75) is 148 Å². The van der Waals surface area contributed by atoms with Crippen molar-refractivity contribution in [2.75, 3.05) is 33.0 Å². The first-order valence-electron chi connectivity index (χ1n) is 22.1. The molecule has 1 aliphatic rings. The highest BCUT2D eigenvalue weighted by atomic mass is 31.2. The highest BCUT2D eigenvalue weighted by Gasteiger charge is 2.48. The molecule has 1 aromatic rings. The first-order valence-corrected chi connectivity index (χ1v) is 23.6. The van der Waals surface area contributed by atoms with E-state index < -0.39 is 149 Å². The Morgan fingerprint density at radius 2 is 1.50 bits per heavy atom. The molecule has 1 aliphatic heterocycles. The number of aliphatic hydroxyl groups is 2. The second kappa shape index (κ2) is 30.4. The van der Waals surface area contributed by atoms with E-state index in [0.29, 0.717) is 12.8 Å². The Kier molecular flexibility index (Phi) is 26.4. The van der Waals surface area contributed by atoms with Gasteiger partial charge in [0.05, 0.1) is 26.4 Å². The molecular weight excluding hydrogens is 923 g/mol. The summed E-state index contributed by atoms with van der Waals surface area (Å²) in [5.74, 6) is -5.90. The molecule has 0 aromatic heterocycles. The zero-order valence-corrected chi connectivity index (χ0v) is 39.9. The molecule has 11 atom stereocenters. The van der Waals surface area contributed by atoms with Crippen LogP contribution in [0.25, 0.3) is 0 Å². The van der Waals surface area contributed by atoms with E-state index in [1.165, 1.54) is 27.7 Å². The Hall–Kier alpha value is -5.11. The quantitative estimate of drug-likeness (QED) is 0.0235. The molecule has 0 radical (unpaired) electrons. The maximum absolute atomic E-state index is 13.2. The molecule has 2 rings (SSSR count). The van der Waals surface area contributed by atoms with Gasteiger partial charge in [0.2, 0.25) is 35.4 Å². The van der Waals surface area contributed by atoms with Crippen molar-refractivity contribution in [2.24, 2.45) is 5.73 Å². The number of phosphoric ester groups is 1. The predicted molar refractivity (Wildman–Crippen MR) is 236 cm³/mol. The molecule has 1 saturated heterocycles. The second-order valence-electron chi connectivity index (χ2n) is 15.7. The minimum Gasteiger partial charge on any atom is -0.462 e. The van der Waals surface area contributed by atoms with Crippen molar-refractivity contribution in [1.29, 1.82) is 0 Å². The van der Waals surface area contributed by atoms with Crippen LogP contribution in [0.4, 0.5) is 0 Å². The molecule has 68 heavy (non-hydrogen) atoms. The molecule has 0 saturated carbocycles. The number of esters is 2. The predicted octanol–water partition coefficient (Wildman–Crippen LogP) is -1.38. The van der Waals surface area contributed by atoms with Gasteiger partial charge < -0.3 is 71.1 Å². The van der Waals surface area contributed by atoms with Crippen LogP contribution >= 0.6 is 7.82 Å². The van der Waals surface area contributed by atoms with Crippen LogP contribution in [0.15, 0.2) is 30.3 Å². The largest absolute Gasteiger partial charge is 0.472 e. The fourth-order valence-corrected chi connectivity index (χ4v) is 6.92. The summed E-state index contributed by atoms with van der Waals surface area (Å²) in [5.41, 5.74) is 6.23. The molecular formula is C42H67N6O19P. The van der Waals surface area contributed by atoms with Crippen LogP contribution in [0.2, 0.25) is 0 Å². The SMILES string of the molecule is CCCC(=O)OC[C@H](COP(=O)(O)OCCNC(=O)[C@H](C)NC(=O)CC[C@@H](NC(=O)[C@H](C)NC(=O)[C@@H](C)O[C@H]1[C@H](O)[C@@H](CO)O[C@H](OCc2ccccc2)[C@@H]1NC(C)=O)C(N)=O)OC(=O)CCC. The van der Waals surface area contributed by atoms with Crippen LogP contribution in [0.5, 0.6) is 0 Å². The summed E-state index contributed by atoms with van der Waals surface area (Å²) in [4.78, 5) is 110. The molecule has 1 heterocycles. The van der Waals surface area contributed by atoms with Gasteiger partial charge in [-0.25, -0.2) is 4.57 Å². The number of carbonyl (C=O) groups excluding carboxylic acids is 8. The van der Waals surface area contributed by atoms with Crippen molar-refractivity contribution >= 4 is 55.2 Å². The molecule has 0 spiro atoms. The number of nitrogens with two attached hydrogens (primary N) is 1. The number of hydrogen-bond donors (Lipinski definition) is 9. The molecule has 0 aliphatic carbocycles. The van der Waals surface area contributed by atoms with E-state index in [0.717, 1.165) is 5.56 Å². The Bertz CT molecular complexity index is 1860. The van der Waals surface area contributed by atoms with Crippen molar-refractivity contribution in [3.8, 4) is 0 Å². The number of hydrogen-bond acceptors (Lipinski definition) is 18. The smallest absolute Gasteiger partial charge is 0.462 e. The van der Waals surface area contributed by atoms with E-state index in [2.05, 4.69) is 26.6 Å². The molecule has 26 heteroatoms. The topological polar surface area (TPSA) is 365 Å². The average molecular weight is 991 g/mol. The van der Waals surface area contributed by atoms with E-state index in [9.17, 15) is 58.0 Å². The van der Waals surface area contributed by atoms with Crippen LogP contribution in [0.1, 0.15) is 85.6 Å². The van der Waals surface area contributed by atoms with Gasteiger partial charge in [0.25, 0.3) is 0 Å². The lowest BCUT2D eigenvalue weighted by Gasteiger charge is -2.44. The second-order valence-corrected chi connectivity index (χ2v) is 17.1. The summed E-state index contributed by atoms with van der Waals surface area (Å²) in [6, 6.07) is 3.98. The Balaban J connectivity index is 1.86. The van der Waals surface area contributed by atoms with Gasteiger partial charge >= 0.3 is 19.8 Å². The summed E-state index contributed by atoms with van der Waals surface area (Å²) in [6.45, 7) is 6.13. The standard InChI is InChI=1S/C42H67N6O19P/c1-7-12-33(52)61-22-29(66-34(53)13-8-2)23-64-68(59,60)63-19-18-44-39(56)24(3)45-32(51)17-16-30(38(43)55)48-40(57)25(4)46-41(58)26(5)65-37-35(47-27(6)50)42(67-31(20-49)36(37)54)62-21-28-14-10-9-11-15-28/h9-11,14-15,24-26,29-31,35-37,42,49,54H,7-8,12-13,16-23H2,1-6H3,(H2,43,55)(H,44,56)(H,45,51)(H,46,58)(H,47,50)(H,48,57)(H,59,60)/t24-,25-,26+,29+,30+,31+,35+,36+,37+,42-/m0/s1. The Morgan fingerprint density at radius 1 is 0.853 bits per heavy atom. The van der Waals surface area contributed by atoms with Crippen LogP contribution < -0.4 is 32.3 Å². The van der Waals surface area contributed by atoms with Crippen LogP contribution in [-0.4, -0.2) is 156 Å². The maximum Gasteiger partial charge on any atom is 0.472 e. The number of nitrogens with one attached hydrogen (secondary N) is 5. The molecule has 1 unspecified atom stereocenters. The number of ether oxygens (including phenoxy) is 5. The van der Waals surface area contributed by atoms with E-state index in [4.69, 9.17) is 38.5 Å². The molecule has 1 aromatic carbocycles. The van der Waals surface area contributed by atoms with Gasteiger partial charge in [0.1, 0.15) is 55.2 Å². The zero-order chi connectivity index (χ0) is 51.0. The highest BCUT2D eigenvalue weighted by Crippen LogP contribution is 2.43. The normalized spacial score (nSPS) is 21.0. The number of phosphoric acid groups is 1. The van der Waals surface area contributed by atoms with E-state index >= 15 is 0 Å². The van der Waals surface area contributed by atoms with E-state index in [1.54, 1.807) is 38.1 Å². The van der Waals surface area contributed by atoms with Crippen molar-refractivity contribution in [3.63, 3.8) is 0 Å². The fourth-order valence-electron chi connectivity index (χ4n) is 6.17. The summed E-state index contributed by atoms with van der Waals surface area (Å²) in [7, 11) is -4.74. The monoisotopic (exact) mass is 990 g/mol. The van der Waals surface area contributed by atoms with Crippen LogP contribution in [-0.2, 0) is 82.3 Å². The first-order chi connectivity index (χ1) is 32.1. The van der Waals surface area contributed by atoms with Crippen molar-refractivity contribution in [1.82, 2.24) is 26.6 Å². The van der Waals surface area contributed by atoms with Gasteiger partial charge in [0, 0.05) is 32.7 Å². The number of benzene rings is 1. The minimum atomic E-state index is -4.74. The van der Waals surface area contributed by atoms with Gasteiger partial charge in [-0.3, -0.25) is 47.4 Å². The number of aliphatic hydroxyl groups excluding tert-OH is 2. The molecule has 0 bridgehead atoms. The Morgan fingerprint density at radius 3 is 2.12 bits per heavy atom. The lowest BCUT2D eigenvalue weighted by atomic mass is 9.96. The molecule has 25 nitrogen and oxygen atoms in total. The highest BCUT2D eigenvalue weighted by molar-refractivity contribution is 7.47. The maximum atomic E-state index is 13.2. The van der Waals surface area contributed by atoms with Crippen LogP contribution in [0.3, 0.4) is 0 Å². The van der Waals surface area contributed by atoms with Crippen molar-refractivity contribution in [3.05, 3.63) is 35.9 Å². The van der Waals surface area contributed by atoms with Gasteiger partial charge in [-0.2, -0.15) is 0 Å². The average Bonchev–Trinajstić information content (AvgIpc) is 3.28. The summed E-state index contributed by atoms with van der Waals surface area (Å²) < 4.78 is 49.9. The third-order valence-corrected chi connectivity index (χ3v) is 10.8. The first kappa shape index (κ1) is 59.0. The minimum absolute atomic E-state index is 0.0283. The zero-order valence-electron chi connectivity index (χ0n) is 39.0. The van der Waals surface area contributed by atoms with Gasteiger partial charge in [-0.1, -0.05) is 44.2 Å². The Labute approximate surface area is 394 Å². The lowest BCUT2D eigenvalue weighted by Crippen LogP contribution is -2.66. The molecule has 384 valence electrons. The summed E-state index contributed by atoms with van der Waals surface area (Å²) >= 11 is 0. The van der Waals surface area contributed by atoms with Gasteiger partial charge in [-0.15, -0.1) is 0 Å². The number of primary amides is 1. The molecule has 1 fully saturated rings. The third-order valence-electron chi connectivity index (χ3n) is 9.77. The van der Waals surface area contributed by atoms with Crippen molar-refractivity contribution < 1.29 is 90.8 Å². The number of amides is 6. The summed E-state index contributed by atoms with van der Waals surface area (Å²) in [5, 5.41) is 33.2. The summed E-state index contributed by atoms with van der Waals surface area (Å²) in [6.07, 6.45) is -7.46. The number of carbonyl (C=O) groups is 8.